The van der Waals surface area contributed by atoms with Crippen LogP contribution in [-0.4, -0.2) is 24.6 Å². The molecule has 1 aromatic heterocycles. The molecule has 0 saturated heterocycles. The average Bonchev–Trinajstić information content (AvgIpc) is 2.41. The SMILES string of the molecule is CCN(c1cncc(NC)c1)C1CCCCC1. The zero-order valence-electron chi connectivity index (χ0n) is 10.9. The first-order valence-corrected chi connectivity index (χ1v) is 6.74. The minimum atomic E-state index is 0.711. The number of rotatable bonds is 4. The molecule has 0 unspecified atom stereocenters. The van der Waals surface area contributed by atoms with Gasteiger partial charge in [-0.1, -0.05) is 19.3 Å². The van der Waals surface area contributed by atoms with Crippen LogP contribution in [0.25, 0.3) is 0 Å². The van der Waals surface area contributed by atoms with Gasteiger partial charge in [0.25, 0.3) is 0 Å². The van der Waals surface area contributed by atoms with Crippen molar-refractivity contribution >= 4 is 11.4 Å². The van der Waals surface area contributed by atoms with E-state index < -0.39 is 0 Å². The van der Waals surface area contributed by atoms with Crippen molar-refractivity contribution in [3.05, 3.63) is 18.5 Å². The molecule has 3 nitrogen and oxygen atoms in total. The summed E-state index contributed by atoms with van der Waals surface area (Å²) < 4.78 is 0. The molecule has 1 aromatic rings. The van der Waals surface area contributed by atoms with Crippen molar-refractivity contribution in [2.45, 2.75) is 45.1 Å². The molecule has 1 fully saturated rings. The Hall–Kier alpha value is -1.25. The molecule has 1 aliphatic carbocycles. The standard InChI is InChI=1S/C14H23N3/c1-3-17(13-7-5-4-6-8-13)14-9-12(15-2)10-16-11-14/h9-11,13,15H,3-8H2,1-2H3. The van der Waals surface area contributed by atoms with Crippen LogP contribution in [0.4, 0.5) is 11.4 Å². The maximum atomic E-state index is 4.31. The molecule has 2 rings (SSSR count). The smallest absolute Gasteiger partial charge is 0.0575 e. The van der Waals surface area contributed by atoms with Gasteiger partial charge in [-0.2, -0.15) is 0 Å². The fourth-order valence-electron chi connectivity index (χ4n) is 2.77. The van der Waals surface area contributed by atoms with Gasteiger partial charge in [-0.15, -0.1) is 0 Å². The molecule has 0 atom stereocenters. The Bertz CT molecular complexity index is 345. The number of aromatic nitrogens is 1. The van der Waals surface area contributed by atoms with Gasteiger partial charge in [0.2, 0.25) is 0 Å². The maximum Gasteiger partial charge on any atom is 0.0575 e. The number of pyridine rings is 1. The summed E-state index contributed by atoms with van der Waals surface area (Å²) in [5.74, 6) is 0. The summed E-state index contributed by atoms with van der Waals surface area (Å²) in [4.78, 5) is 6.82. The lowest BCUT2D eigenvalue weighted by atomic mass is 9.94. The van der Waals surface area contributed by atoms with Crippen LogP contribution in [0.5, 0.6) is 0 Å². The van der Waals surface area contributed by atoms with Gasteiger partial charge in [0.15, 0.2) is 0 Å². The summed E-state index contributed by atoms with van der Waals surface area (Å²) >= 11 is 0. The second-order valence-electron chi connectivity index (χ2n) is 4.76. The van der Waals surface area contributed by atoms with Crippen molar-refractivity contribution in [1.29, 1.82) is 0 Å². The molecule has 1 N–H and O–H groups in total. The summed E-state index contributed by atoms with van der Waals surface area (Å²) in [7, 11) is 1.94. The van der Waals surface area contributed by atoms with E-state index in [1.807, 2.05) is 19.4 Å². The van der Waals surface area contributed by atoms with Gasteiger partial charge in [0, 0.05) is 19.6 Å². The molecule has 0 bridgehead atoms. The highest BCUT2D eigenvalue weighted by atomic mass is 15.2. The largest absolute Gasteiger partial charge is 0.387 e. The molecule has 94 valence electrons. The van der Waals surface area contributed by atoms with Crippen molar-refractivity contribution in [3.63, 3.8) is 0 Å². The summed E-state index contributed by atoms with van der Waals surface area (Å²) in [6.07, 6.45) is 10.7. The molecule has 1 saturated carbocycles. The van der Waals surface area contributed by atoms with Gasteiger partial charge in [-0.3, -0.25) is 4.98 Å². The highest BCUT2D eigenvalue weighted by Gasteiger charge is 2.20. The lowest BCUT2D eigenvalue weighted by Gasteiger charge is -2.35. The van der Waals surface area contributed by atoms with E-state index in [0.717, 1.165) is 12.2 Å². The highest BCUT2D eigenvalue weighted by molar-refractivity contribution is 5.55. The average molecular weight is 233 g/mol. The summed E-state index contributed by atoms with van der Waals surface area (Å²) in [6.45, 7) is 3.31. The van der Waals surface area contributed by atoms with Crippen molar-refractivity contribution < 1.29 is 0 Å². The van der Waals surface area contributed by atoms with Crippen LogP contribution < -0.4 is 10.2 Å². The number of nitrogens with zero attached hydrogens (tertiary/aromatic N) is 2. The van der Waals surface area contributed by atoms with Gasteiger partial charge < -0.3 is 10.2 Å². The normalized spacial score (nSPS) is 16.8. The number of nitrogens with one attached hydrogen (secondary N) is 1. The van der Waals surface area contributed by atoms with E-state index in [2.05, 4.69) is 28.2 Å². The fraction of sp³-hybridized carbons (Fsp3) is 0.643. The molecule has 0 aliphatic heterocycles. The summed E-state index contributed by atoms with van der Waals surface area (Å²) in [5, 5.41) is 3.16. The minimum absolute atomic E-state index is 0.711. The van der Waals surface area contributed by atoms with Crippen molar-refractivity contribution in [3.8, 4) is 0 Å². The number of anilines is 2. The Morgan fingerprint density at radius 2 is 2.06 bits per heavy atom. The molecular weight excluding hydrogens is 210 g/mol. The van der Waals surface area contributed by atoms with Gasteiger partial charge in [0.05, 0.1) is 23.8 Å². The first kappa shape index (κ1) is 12.2. The van der Waals surface area contributed by atoms with E-state index in [0.29, 0.717) is 6.04 Å². The second-order valence-corrected chi connectivity index (χ2v) is 4.76. The van der Waals surface area contributed by atoms with Crippen molar-refractivity contribution in [2.75, 3.05) is 23.8 Å². The Morgan fingerprint density at radius 1 is 1.29 bits per heavy atom. The molecule has 0 aromatic carbocycles. The quantitative estimate of drug-likeness (QED) is 0.865. The van der Waals surface area contributed by atoms with Crippen molar-refractivity contribution in [2.24, 2.45) is 0 Å². The molecule has 0 amide bonds. The van der Waals surface area contributed by atoms with Crippen LogP contribution in [0, 0.1) is 0 Å². The third-order valence-electron chi connectivity index (χ3n) is 3.70. The van der Waals surface area contributed by atoms with Gasteiger partial charge >= 0.3 is 0 Å². The maximum absolute atomic E-state index is 4.31. The Kier molecular flexibility index (Phi) is 4.24. The van der Waals surface area contributed by atoms with E-state index in [-0.39, 0.29) is 0 Å². The van der Waals surface area contributed by atoms with E-state index in [9.17, 15) is 0 Å². The lowest BCUT2D eigenvalue weighted by Crippen LogP contribution is -2.36. The molecule has 1 heterocycles. The van der Waals surface area contributed by atoms with Crippen LogP contribution in [-0.2, 0) is 0 Å². The van der Waals surface area contributed by atoms with E-state index in [1.165, 1.54) is 37.8 Å². The molecular formula is C14H23N3. The number of hydrogen-bond acceptors (Lipinski definition) is 3. The molecule has 3 heteroatoms. The summed E-state index contributed by atoms with van der Waals surface area (Å²) in [5.41, 5.74) is 2.35. The Morgan fingerprint density at radius 3 is 2.71 bits per heavy atom. The summed E-state index contributed by atoms with van der Waals surface area (Å²) in [6, 6.07) is 2.91. The topological polar surface area (TPSA) is 28.2 Å². The second kappa shape index (κ2) is 5.89. The van der Waals surface area contributed by atoms with Crippen LogP contribution in [0.1, 0.15) is 39.0 Å². The predicted molar refractivity (Wildman–Crippen MR) is 73.7 cm³/mol. The zero-order valence-corrected chi connectivity index (χ0v) is 10.9. The van der Waals surface area contributed by atoms with Gasteiger partial charge in [-0.25, -0.2) is 0 Å². The van der Waals surface area contributed by atoms with E-state index >= 15 is 0 Å². The molecule has 17 heavy (non-hydrogen) atoms. The lowest BCUT2D eigenvalue weighted by molar-refractivity contribution is 0.418. The minimum Gasteiger partial charge on any atom is -0.387 e. The van der Waals surface area contributed by atoms with Crippen LogP contribution >= 0.6 is 0 Å². The highest BCUT2D eigenvalue weighted by Crippen LogP contribution is 2.27. The third kappa shape index (κ3) is 2.90. The van der Waals surface area contributed by atoms with Crippen LogP contribution in [0.2, 0.25) is 0 Å². The Labute approximate surface area is 104 Å². The van der Waals surface area contributed by atoms with Crippen LogP contribution in [0.3, 0.4) is 0 Å². The Balaban J connectivity index is 2.15. The van der Waals surface area contributed by atoms with E-state index in [1.54, 1.807) is 0 Å². The van der Waals surface area contributed by atoms with Crippen molar-refractivity contribution in [1.82, 2.24) is 4.98 Å². The fourth-order valence-corrected chi connectivity index (χ4v) is 2.77. The van der Waals surface area contributed by atoms with E-state index in [4.69, 9.17) is 0 Å². The predicted octanol–water partition coefficient (Wildman–Crippen LogP) is 3.28. The van der Waals surface area contributed by atoms with Gasteiger partial charge in [0.1, 0.15) is 0 Å². The molecule has 0 spiro atoms. The first-order chi connectivity index (χ1) is 8.35. The zero-order chi connectivity index (χ0) is 12.1. The molecule has 0 radical (unpaired) electrons. The third-order valence-corrected chi connectivity index (χ3v) is 3.70. The van der Waals surface area contributed by atoms with Gasteiger partial charge in [-0.05, 0) is 25.8 Å². The number of hydrogen-bond donors (Lipinski definition) is 1. The monoisotopic (exact) mass is 233 g/mol. The van der Waals surface area contributed by atoms with Crippen LogP contribution in [0.15, 0.2) is 18.5 Å². The molecule has 1 aliphatic rings. The first-order valence-electron chi connectivity index (χ1n) is 6.74.